The molecule has 258 valence electrons. The third-order valence-corrected chi connectivity index (χ3v) is 10.7. The fourth-order valence-electron chi connectivity index (χ4n) is 6.62. The molecule has 0 radical (unpaired) electrons. The number of rotatable bonds is 8. The van der Waals surface area contributed by atoms with Crippen LogP contribution in [0.25, 0.3) is 11.0 Å². The van der Waals surface area contributed by atoms with E-state index in [1.165, 1.54) is 12.1 Å². The molecule has 5 rings (SSSR count). The fraction of sp³-hybridized carbons (Fsp3) is 0.516. The van der Waals surface area contributed by atoms with E-state index in [-0.39, 0.29) is 51.4 Å². The third-order valence-electron chi connectivity index (χ3n) is 8.83. The standard InChI is InChI=1S/C29H35F3N4O3S.C2HF3O2/c1-3-35(4-2)20-13-14-25(19(17-20)18-40(38,39)21-9-6-5-7-10-21)36-16-15-22(28(36)37)27-33-24-12-8-11-23(26(24)34-27)29(30,31)32;3-2(4,5)1(6)7/h5-12,19-20,22,25H,3-4,13-18H2,1-2H3,(H,33,34);(H,6,7)/t19-,20+,22?,25-;/m0./s1. The first-order valence-electron chi connectivity index (χ1n) is 15.2. The summed E-state index contributed by atoms with van der Waals surface area (Å²) in [5.74, 6) is -3.76. The van der Waals surface area contributed by atoms with Gasteiger partial charge in [-0.05, 0) is 69.0 Å². The average Bonchev–Trinajstić information content (AvgIpc) is 3.60. The smallest absolute Gasteiger partial charge is 0.475 e. The Balaban J connectivity index is 0.000000644. The number of alkyl halides is 6. The molecule has 1 unspecified atom stereocenters. The van der Waals surface area contributed by atoms with E-state index in [4.69, 9.17) is 9.90 Å². The lowest BCUT2D eigenvalue weighted by molar-refractivity contribution is -0.192. The minimum atomic E-state index is -5.08. The van der Waals surface area contributed by atoms with E-state index in [2.05, 4.69) is 28.7 Å². The molecule has 1 saturated heterocycles. The van der Waals surface area contributed by atoms with Crippen molar-refractivity contribution in [1.82, 2.24) is 19.8 Å². The fourth-order valence-corrected chi connectivity index (χ4v) is 8.31. The van der Waals surface area contributed by atoms with Crippen molar-refractivity contribution < 1.29 is 49.5 Å². The topological polar surface area (TPSA) is 124 Å². The summed E-state index contributed by atoms with van der Waals surface area (Å²) in [5, 5.41) is 7.12. The van der Waals surface area contributed by atoms with E-state index in [0.717, 1.165) is 25.6 Å². The second kappa shape index (κ2) is 14.2. The summed E-state index contributed by atoms with van der Waals surface area (Å²) in [6.07, 6.45) is -7.05. The lowest BCUT2D eigenvalue weighted by atomic mass is 9.81. The molecule has 0 spiro atoms. The Kier molecular flexibility index (Phi) is 10.9. The number of carbonyl (C=O) groups excluding carboxylic acids is 1. The number of benzene rings is 2. The number of para-hydroxylation sites is 1. The monoisotopic (exact) mass is 690 g/mol. The molecule has 9 nitrogen and oxygen atoms in total. The molecule has 2 aliphatic rings. The summed E-state index contributed by atoms with van der Waals surface area (Å²) in [5.41, 5.74) is -0.791. The Morgan fingerprint density at radius 1 is 1.00 bits per heavy atom. The number of aromatic amines is 1. The van der Waals surface area contributed by atoms with Crippen molar-refractivity contribution in [2.75, 3.05) is 25.4 Å². The van der Waals surface area contributed by atoms with E-state index in [9.17, 15) is 39.6 Å². The molecular weight excluding hydrogens is 654 g/mol. The molecule has 1 aliphatic heterocycles. The van der Waals surface area contributed by atoms with Crippen LogP contribution in [0.15, 0.2) is 53.4 Å². The number of imidazole rings is 1. The Labute approximate surface area is 267 Å². The van der Waals surface area contributed by atoms with Crippen molar-refractivity contribution >= 4 is 32.7 Å². The van der Waals surface area contributed by atoms with Crippen LogP contribution in [0.4, 0.5) is 26.3 Å². The Morgan fingerprint density at radius 3 is 2.21 bits per heavy atom. The van der Waals surface area contributed by atoms with Gasteiger partial charge in [0.15, 0.2) is 9.84 Å². The Hall–Kier alpha value is -3.66. The van der Waals surface area contributed by atoms with Crippen molar-refractivity contribution in [3.8, 4) is 0 Å². The van der Waals surface area contributed by atoms with Gasteiger partial charge in [-0.15, -0.1) is 0 Å². The van der Waals surface area contributed by atoms with Gasteiger partial charge in [0.1, 0.15) is 11.3 Å². The number of aromatic nitrogens is 2. The Bertz CT molecular complexity index is 1660. The average molecular weight is 691 g/mol. The number of likely N-dealkylation sites (tertiary alicyclic amines) is 1. The molecular formula is C31H36F6N4O5S. The highest BCUT2D eigenvalue weighted by atomic mass is 32.2. The molecule has 2 N–H and O–H groups in total. The number of nitrogens with one attached hydrogen (secondary N) is 1. The highest BCUT2D eigenvalue weighted by Gasteiger charge is 2.45. The summed E-state index contributed by atoms with van der Waals surface area (Å²) in [6.45, 7) is 6.32. The largest absolute Gasteiger partial charge is 0.490 e. The molecule has 2 aromatic carbocycles. The summed E-state index contributed by atoms with van der Waals surface area (Å²) in [6, 6.07) is 12.2. The summed E-state index contributed by atoms with van der Waals surface area (Å²) < 4.78 is 99.2. The van der Waals surface area contributed by atoms with Gasteiger partial charge in [-0.2, -0.15) is 26.3 Å². The predicted molar refractivity (Wildman–Crippen MR) is 160 cm³/mol. The number of sulfone groups is 1. The predicted octanol–water partition coefficient (Wildman–Crippen LogP) is 5.88. The maximum absolute atomic E-state index is 13.8. The second-order valence-corrected chi connectivity index (χ2v) is 13.6. The van der Waals surface area contributed by atoms with Crippen LogP contribution in [0.2, 0.25) is 0 Å². The van der Waals surface area contributed by atoms with Crippen LogP contribution in [0, 0.1) is 5.92 Å². The van der Waals surface area contributed by atoms with E-state index in [0.29, 0.717) is 25.8 Å². The molecule has 4 atom stereocenters. The van der Waals surface area contributed by atoms with Gasteiger partial charge < -0.3 is 19.9 Å². The highest BCUT2D eigenvalue weighted by molar-refractivity contribution is 7.91. The lowest BCUT2D eigenvalue weighted by Crippen LogP contribution is -2.51. The molecule has 47 heavy (non-hydrogen) atoms. The normalized spacial score (nSPS) is 22.4. The molecule has 16 heteroatoms. The maximum atomic E-state index is 13.8. The number of hydrogen-bond acceptors (Lipinski definition) is 6. The first-order chi connectivity index (χ1) is 22.0. The molecule has 1 amide bonds. The first kappa shape index (κ1) is 36.2. The molecule has 2 heterocycles. The number of amides is 1. The van der Waals surface area contributed by atoms with Crippen LogP contribution in [0.5, 0.6) is 0 Å². The van der Waals surface area contributed by atoms with E-state index < -0.39 is 39.6 Å². The summed E-state index contributed by atoms with van der Waals surface area (Å²) >= 11 is 0. The number of carboxylic acid groups (broad SMARTS) is 1. The molecule has 2 fully saturated rings. The van der Waals surface area contributed by atoms with E-state index in [1.807, 2.05) is 0 Å². The van der Waals surface area contributed by atoms with Gasteiger partial charge in [-0.25, -0.2) is 18.2 Å². The van der Waals surface area contributed by atoms with Crippen LogP contribution < -0.4 is 0 Å². The minimum Gasteiger partial charge on any atom is -0.475 e. The van der Waals surface area contributed by atoms with Gasteiger partial charge in [0.05, 0.1) is 27.6 Å². The molecule has 1 aliphatic carbocycles. The first-order valence-corrected chi connectivity index (χ1v) is 16.8. The van der Waals surface area contributed by atoms with E-state index in [1.54, 1.807) is 35.2 Å². The lowest BCUT2D eigenvalue weighted by Gasteiger charge is -2.44. The van der Waals surface area contributed by atoms with Crippen LogP contribution in [-0.2, 0) is 25.6 Å². The van der Waals surface area contributed by atoms with Gasteiger partial charge in [-0.3, -0.25) is 4.79 Å². The van der Waals surface area contributed by atoms with Gasteiger partial charge in [0.25, 0.3) is 0 Å². The number of nitrogens with zero attached hydrogens (tertiary/aromatic N) is 3. The van der Waals surface area contributed by atoms with Crippen molar-refractivity contribution in [2.24, 2.45) is 5.92 Å². The minimum absolute atomic E-state index is 0.0620. The van der Waals surface area contributed by atoms with Gasteiger partial charge in [-0.1, -0.05) is 38.1 Å². The quantitative estimate of drug-likeness (QED) is 0.283. The van der Waals surface area contributed by atoms with Crippen LogP contribution in [-0.4, -0.2) is 88.8 Å². The molecule has 3 aromatic rings. The number of aliphatic carboxylic acids is 1. The van der Waals surface area contributed by atoms with Crippen molar-refractivity contribution in [2.45, 2.75) is 74.8 Å². The number of hydrogen-bond donors (Lipinski definition) is 2. The van der Waals surface area contributed by atoms with Crippen LogP contribution in [0.3, 0.4) is 0 Å². The summed E-state index contributed by atoms with van der Waals surface area (Å²) in [4.78, 5) is 34.2. The van der Waals surface area contributed by atoms with Gasteiger partial charge in [0, 0.05) is 18.6 Å². The van der Waals surface area contributed by atoms with Crippen LogP contribution >= 0.6 is 0 Å². The zero-order valence-electron chi connectivity index (χ0n) is 25.7. The van der Waals surface area contributed by atoms with Gasteiger partial charge >= 0.3 is 18.3 Å². The number of fused-ring (bicyclic) bond motifs is 1. The number of carboxylic acids is 1. The number of carbonyl (C=O) groups is 2. The molecule has 1 aromatic heterocycles. The molecule has 0 bridgehead atoms. The molecule has 1 saturated carbocycles. The highest BCUT2D eigenvalue weighted by Crippen LogP contribution is 2.40. The van der Waals surface area contributed by atoms with Gasteiger partial charge in [0.2, 0.25) is 5.91 Å². The summed E-state index contributed by atoms with van der Waals surface area (Å²) in [7, 11) is -3.59. The van der Waals surface area contributed by atoms with Crippen molar-refractivity contribution in [3.63, 3.8) is 0 Å². The van der Waals surface area contributed by atoms with E-state index >= 15 is 0 Å². The third kappa shape index (κ3) is 8.26. The van der Waals surface area contributed by atoms with Crippen LogP contribution in [0.1, 0.15) is 56.8 Å². The zero-order valence-corrected chi connectivity index (χ0v) is 26.5. The number of halogens is 6. The second-order valence-electron chi connectivity index (χ2n) is 11.6. The number of H-pyrrole nitrogens is 1. The van der Waals surface area contributed by atoms with Crippen molar-refractivity contribution in [1.29, 1.82) is 0 Å². The maximum Gasteiger partial charge on any atom is 0.490 e. The van der Waals surface area contributed by atoms with Crippen molar-refractivity contribution in [3.05, 3.63) is 59.9 Å². The SMILES string of the molecule is CCN(CC)[C@@H]1CC[C@H](N2CCC(c3nc4c(C(F)(F)F)cccc4[nH]3)C2=O)[C@H](CS(=O)(=O)c2ccccc2)C1.O=C(O)C(F)(F)F. The zero-order chi connectivity index (χ0) is 34.7. The Morgan fingerprint density at radius 2 is 1.64 bits per heavy atom.